The van der Waals surface area contributed by atoms with E-state index < -0.39 is 0 Å². The SMILES string of the molecule is COC1CCSC1C(=O)N1CCCCC1c1cc2nc(N3CCC(N)C3)c(C)cn2n1. The van der Waals surface area contributed by atoms with Crippen LogP contribution < -0.4 is 10.6 Å². The average Bonchev–Trinajstić information content (AvgIpc) is 3.51. The predicted octanol–water partition coefficient (Wildman–Crippen LogP) is 2.15. The number of amides is 1. The minimum atomic E-state index is -0.103. The molecule has 5 heterocycles. The van der Waals surface area contributed by atoms with Crippen LogP contribution in [0.2, 0.25) is 0 Å². The minimum absolute atomic E-state index is 0.00520. The maximum Gasteiger partial charge on any atom is 0.238 e. The van der Waals surface area contributed by atoms with E-state index in [2.05, 4.69) is 17.9 Å². The number of aryl methyl sites for hydroxylation is 1. The summed E-state index contributed by atoms with van der Waals surface area (Å²) < 4.78 is 7.46. The Hall–Kier alpha value is -1.84. The number of carbonyl (C=O) groups is 1. The number of nitrogens with zero attached hydrogens (tertiary/aromatic N) is 5. The van der Waals surface area contributed by atoms with Crippen molar-refractivity contribution < 1.29 is 9.53 Å². The molecule has 4 atom stereocenters. The largest absolute Gasteiger partial charge is 0.380 e. The zero-order chi connectivity index (χ0) is 21.5. The molecule has 5 rings (SSSR count). The van der Waals surface area contributed by atoms with Crippen molar-refractivity contribution >= 4 is 29.1 Å². The number of carbonyl (C=O) groups excluding carboxylic acids is 1. The van der Waals surface area contributed by atoms with E-state index in [1.165, 1.54) is 0 Å². The highest BCUT2D eigenvalue weighted by atomic mass is 32.2. The summed E-state index contributed by atoms with van der Waals surface area (Å²) in [5.74, 6) is 2.18. The number of thioether (sulfide) groups is 1. The molecule has 3 aliphatic rings. The molecule has 0 bridgehead atoms. The topological polar surface area (TPSA) is 89.0 Å². The predicted molar refractivity (Wildman–Crippen MR) is 122 cm³/mol. The van der Waals surface area contributed by atoms with Crippen LogP contribution in [0.25, 0.3) is 5.65 Å². The monoisotopic (exact) mass is 444 g/mol. The first-order chi connectivity index (χ1) is 15.0. The molecule has 3 fully saturated rings. The Morgan fingerprint density at radius 3 is 2.90 bits per heavy atom. The van der Waals surface area contributed by atoms with E-state index in [1.807, 2.05) is 15.6 Å². The fourth-order valence-corrected chi connectivity index (χ4v) is 6.55. The third-order valence-corrected chi connectivity index (χ3v) is 8.19. The second-order valence-corrected chi connectivity index (χ2v) is 10.3. The van der Waals surface area contributed by atoms with Crippen LogP contribution in [0.3, 0.4) is 0 Å². The van der Waals surface area contributed by atoms with E-state index in [4.69, 9.17) is 20.6 Å². The highest BCUT2D eigenvalue weighted by molar-refractivity contribution is 8.00. The van der Waals surface area contributed by atoms with Crippen molar-refractivity contribution in [1.29, 1.82) is 0 Å². The number of nitrogens with two attached hydrogens (primary N) is 1. The van der Waals surface area contributed by atoms with Crippen LogP contribution >= 0.6 is 11.8 Å². The third kappa shape index (κ3) is 3.91. The first-order valence-electron chi connectivity index (χ1n) is 11.4. The van der Waals surface area contributed by atoms with Crippen molar-refractivity contribution in [3.8, 4) is 0 Å². The van der Waals surface area contributed by atoms with Crippen LogP contribution in [0.15, 0.2) is 12.3 Å². The van der Waals surface area contributed by atoms with E-state index in [0.29, 0.717) is 0 Å². The molecule has 2 aromatic rings. The number of likely N-dealkylation sites (tertiary alicyclic amines) is 1. The van der Waals surface area contributed by atoms with E-state index in [1.54, 1.807) is 18.9 Å². The molecule has 31 heavy (non-hydrogen) atoms. The number of hydrogen-bond donors (Lipinski definition) is 1. The van der Waals surface area contributed by atoms with Gasteiger partial charge in [0.15, 0.2) is 5.65 Å². The normalized spacial score (nSPS) is 29.3. The Morgan fingerprint density at radius 1 is 1.26 bits per heavy atom. The van der Waals surface area contributed by atoms with Gasteiger partial charge < -0.3 is 20.3 Å². The number of anilines is 1. The van der Waals surface area contributed by atoms with Crippen LogP contribution in [0.5, 0.6) is 0 Å². The molecule has 3 aliphatic heterocycles. The summed E-state index contributed by atoms with van der Waals surface area (Å²) in [6, 6.07) is 2.28. The zero-order valence-electron chi connectivity index (χ0n) is 18.4. The van der Waals surface area contributed by atoms with E-state index in [-0.39, 0.29) is 29.3 Å². The molecule has 0 saturated carbocycles. The summed E-state index contributed by atoms with van der Waals surface area (Å²) in [7, 11) is 1.71. The van der Waals surface area contributed by atoms with Gasteiger partial charge in [-0.3, -0.25) is 4.79 Å². The molecule has 2 aromatic heterocycles. The summed E-state index contributed by atoms with van der Waals surface area (Å²) in [5.41, 5.74) is 8.97. The van der Waals surface area contributed by atoms with Crippen molar-refractivity contribution in [2.24, 2.45) is 5.73 Å². The first kappa shape index (κ1) is 21.0. The second kappa shape index (κ2) is 8.60. The summed E-state index contributed by atoms with van der Waals surface area (Å²) in [6.07, 6.45) is 7.10. The van der Waals surface area contributed by atoms with Crippen LogP contribution in [0, 0.1) is 6.92 Å². The quantitative estimate of drug-likeness (QED) is 0.773. The number of rotatable bonds is 4. The first-order valence-corrected chi connectivity index (χ1v) is 12.4. The second-order valence-electron chi connectivity index (χ2n) is 9.01. The summed E-state index contributed by atoms with van der Waals surface area (Å²) in [4.78, 5) is 22.7. The van der Waals surface area contributed by atoms with Gasteiger partial charge in [0.25, 0.3) is 0 Å². The lowest BCUT2D eigenvalue weighted by Crippen LogP contribution is -2.45. The maximum absolute atomic E-state index is 13.4. The lowest BCUT2D eigenvalue weighted by molar-refractivity contribution is -0.136. The Labute approximate surface area is 187 Å². The van der Waals surface area contributed by atoms with Gasteiger partial charge in [0.05, 0.1) is 17.8 Å². The third-order valence-electron chi connectivity index (χ3n) is 6.86. The number of aromatic nitrogens is 3. The van der Waals surface area contributed by atoms with Crippen LogP contribution in [-0.2, 0) is 9.53 Å². The van der Waals surface area contributed by atoms with Crippen LogP contribution in [0.4, 0.5) is 5.82 Å². The molecule has 0 aliphatic carbocycles. The van der Waals surface area contributed by atoms with Gasteiger partial charge in [-0.2, -0.15) is 5.10 Å². The van der Waals surface area contributed by atoms with Gasteiger partial charge in [-0.1, -0.05) is 0 Å². The standard InChI is InChI=1S/C22H32N6O2S/c1-14-12-28-19(24-21(14)26-9-6-15(23)13-26)11-16(25-28)17-5-3-4-8-27(17)22(29)20-18(30-2)7-10-31-20/h11-12,15,17-18,20H,3-10,13,23H2,1-2H3. The molecule has 0 aromatic carbocycles. The van der Waals surface area contributed by atoms with Crippen molar-refractivity contribution in [1.82, 2.24) is 19.5 Å². The van der Waals surface area contributed by atoms with Crippen LogP contribution in [-0.4, -0.2) is 75.3 Å². The Kier molecular flexibility index (Phi) is 5.83. The highest BCUT2D eigenvalue weighted by Gasteiger charge is 2.40. The van der Waals surface area contributed by atoms with Gasteiger partial charge in [0, 0.05) is 50.6 Å². The van der Waals surface area contributed by atoms with Crippen LogP contribution in [0.1, 0.15) is 49.4 Å². The molecule has 4 unspecified atom stereocenters. The molecular formula is C22H32N6O2S. The average molecular weight is 445 g/mol. The van der Waals surface area contributed by atoms with Gasteiger partial charge >= 0.3 is 0 Å². The minimum Gasteiger partial charge on any atom is -0.380 e. The summed E-state index contributed by atoms with van der Waals surface area (Å²) in [5, 5.41) is 4.75. The molecular weight excluding hydrogens is 412 g/mol. The van der Waals surface area contributed by atoms with E-state index >= 15 is 0 Å². The molecule has 8 nitrogen and oxygen atoms in total. The molecule has 0 radical (unpaired) electrons. The van der Waals surface area contributed by atoms with Crippen molar-refractivity contribution in [2.75, 3.05) is 37.4 Å². The summed E-state index contributed by atoms with van der Waals surface area (Å²) >= 11 is 1.73. The Balaban J connectivity index is 1.43. The summed E-state index contributed by atoms with van der Waals surface area (Å²) in [6.45, 7) is 4.65. The number of ether oxygens (including phenoxy) is 1. The number of methoxy groups -OCH3 is 1. The van der Waals surface area contributed by atoms with Crippen molar-refractivity contribution in [3.05, 3.63) is 23.5 Å². The lowest BCUT2D eigenvalue weighted by atomic mass is 9.98. The van der Waals surface area contributed by atoms with Gasteiger partial charge in [-0.05, 0) is 44.8 Å². The Bertz CT molecular complexity index is 965. The maximum atomic E-state index is 13.4. The molecule has 3 saturated heterocycles. The molecule has 0 spiro atoms. The Morgan fingerprint density at radius 2 is 2.13 bits per heavy atom. The fraction of sp³-hybridized carbons (Fsp3) is 0.682. The van der Waals surface area contributed by atoms with E-state index in [0.717, 1.165) is 80.2 Å². The molecule has 9 heteroatoms. The van der Waals surface area contributed by atoms with Crippen molar-refractivity contribution in [2.45, 2.75) is 62.5 Å². The fourth-order valence-electron chi connectivity index (χ4n) is 5.19. The molecule has 168 valence electrons. The lowest BCUT2D eigenvalue weighted by Gasteiger charge is -2.37. The van der Waals surface area contributed by atoms with Gasteiger partial charge in [0.2, 0.25) is 5.91 Å². The molecule has 1 amide bonds. The molecule has 2 N–H and O–H groups in total. The number of piperidine rings is 1. The van der Waals surface area contributed by atoms with Gasteiger partial charge in [0.1, 0.15) is 11.1 Å². The van der Waals surface area contributed by atoms with Gasteiger partial charge in [-0.25, -0.2) is 9.50 Å². The number of fused-ring (bicyclic) bond motifs is 1. The zero-order valence-corrected chi connectivity index (χ0v) is 19.2. The number of hydrogen-bond acceptors (Lipinski definition) is 7. The smallest absolute Gasteiger partial charge is 0.238 e. The van der Waals surface area contributed by atoms with Gasteiger partial charge in [-0.15, -0.1) is 11.8 Å². The van der Waals surface area contributed by atoms with E-state index in [9.17, 15) is 4.79 Å². The highest BCUT2D eigenvalue weighted by Crippen LogP contribution is 2.36. The van der Waals surface area contributed by atoms with Crippen molar-refractivity contribution in [3.63, 3.8) is 0 Å².